The maximum Gasteiger partial charge on any atom is 0.241 e. The van der Waals surface area contributed by atoms with E-state index < -0.39 is 0 Å². The van der Waals surface area contributed by atoms with Gasteiger partial charge in [0.1, 0.15) is 0 Å². The minimum Gasteiger partial charge on any atom is -0.412 e. The van der Waals surface area contributed by atoms with Crippen LogP contribution in [0.5, 0.6) is 0 Å². The molecular weight excluding hydrogens is 191 g/mol. The Morgan fingerprint density at radius 3 is 2.33 bits per heavy atom. The molecule has 83 valence electrons. The van der Waals surface area contributed by atoms with E-state index in [2.05, 4.69) is 6.92 Å². The molecule has 0 amide bonds. The second-order valence-electron chi connectivity index (χ2n) is 3.12. The number of rotatable bonds is 5. The zero-order valence-electron chi connectivity index (χ0n) is 8.99. The number of carbonyl (C=O) groups excluding carboxylic acids is 1. The van der Waals surface area contributed by atoms with Crippen LogP contribution in [-0.2, 0) is 4.79 Å². The smallest absolute Gasteiger partial charge is 0.241 e. The van der Waals surface area contributed by atoms with Crippen LogP contribution >= 0.6 is 0 Å². The van der Waals surface area contributed by atoms with Gasteiger partial charge in [-0.05, 0) is 12.8 Å². The molecule has 0 atom stereocenters. The molecule has 4 N–H and O–H groups in total. The summed E-state index contributed by atoms with van der Waals surface area (Å²) in [5.74, 6) is 0. The van der Waals surface area contributed by atoms with Crippen LogP contribution in [0.15, 0.2) is 30.3 Å². The first-order chi connectivity index (χ1) is 6.33. The van der Waals surface area contributed by atoms with E-state index in [1.165, 1.54) is 0 Å². The molecule has 1 rings (SSSR count). The highest BCUT2D eigenvalue weighted by Gasteiger charge is 2.04. The van der Waals surface area contributed by atoms with E-state index >= 15 is 0 Å². The van der Waals surface area contributed by atoms with Crippen molar-refractivity contribution in [1.82, 2.24) is 0 Å². The van der Waals surface area contributed by atoms with Crippen molar-refractivity contribution >= 4 is 18.4 Å². The average molecular weight is 209 g/mol. The summed E-state index contributed by atoms with van der Waals surface area (Å²) in [6.45, 7) is 2.09. The lowest BCUT2D eigenvalue weighted by molar-refractivity contribution is -0.112. The third-order valence-electron chi connectivity index (χ3n) is 1.90. The lowest BCUT2D eigenvalue weighted by Gasteiger charge is -1.97. The standard InChI is InChI=1S/C11H14BO.2H2O/c1-2-3-9-11(13)12-10-7-5-4-6-8-10;;/h4-8H,2-3,9H2,1H3;2*1H2. The van der Waals surface area contributed by atoms with Crippen molar-refractivity contribution in [1.29, 1.82) is 0 Å². The molecule has 0 bridgehead atoms. The maximum atomic E-state index is 11.3. The van der Waals surface area contributed by atoms with Crippen molar-refractivity contribution in [2.24, 2.45) is 0 Å². The molecule has 1 aromatic rings. The number of hydrogen-bond acceptors (Lipinski definition) is 1. The van der Waals surface area contributed by atoms with Gasteiger partial charge >= 0.3 is 0 Å². The molecule has 0 unspecified atom stereocenters. The molecule has 0 fully saturated rings. The van der Waals surface area contributed by atoms with Crippen LogP contribution in [0.4, 0.5) is 0 Å². The largest absolute Gasteiger partial charge is 0.412 e. The van der Waals surface area contributed by atoms with E-state index in [1.807, 2.05) is 30.3 Å². The van der Waals surface area contributed by atoms with E-state index in [9.17, 15) is 4.79 Å². The van der Waals surface area contributed by atoms with Crippen molar-refractivity contribution in [3.05, 3.63) is 30.3 Å². The monoisotopic (exact) mass is 209 g/mol. The number of hydrogen-bond donors (Lipinski definition) is 0. The van der Waals surface area contributed by atoms with E-state index in [4.69, 9.17) is 0 Å². The lowest BCUT2D eigenvalue weighted by Crippen LogP contribution is -2.22. The Morgan fingerprint density at radius 1 is 1.20 bits per heavy atom. The summed E-state index contributed by atoms with van der Waals surface area (Å²) in [5.41, 5.74) is 1.23. The Morgan fingerprint density at radius 2 is 1.80 bits per heavy atom. The summed E-state index contributed by atoms with van der Waals surface area (Å²) in [6.07, 6.45) is 2.74. The topological polar surface area (TPSA) is 80.1 Å². The molecule has 4 heteroatoms. The minimum absolute atomic E-state index is 0. The van der Waals surface area contributed by atoms with Crippen LogP contribution in [0.25, 0.3) is 0 Å². The van der Waals surface area contributed by atoms with Crippen molar-refractivity contribution in [2.45, 2.75) is 26.2 Å². The van der Waals surface area contributed by atoms with E-state index in [0.29, 0.717) is 6.42 Å². The fourth-order valence-electron chi connectivity index (χ4n) is 1.16. The van der Waals surface area contributed by atoms with Gasteiger partial charge in [-0.3, -0.25) is 0 Å². The Bertz CT molecular complexity index is 262. The summed E-state index contributed by atoms with van der Waals surface area (Å²) in [6, 6.07) is 9.74. The predicted molar refractivity (Wildman–Crippen MR) is 63.6 cm³/mol. The molecule has 0 aliphatic rings. The zero-order chi connectivity index (χ0) is 9.52. The van der Waals surface area contributed by atoms with Crippen LogP contribution in [0.2, 0.25) is 0 Å². The van der Waals surface area contributed by atoms with Gasteiger partial charge in [0.2, 0.25) is 7.28 Å². The van der Waals surface area contributed by atoms with Crippen LogP contribution in [0.1, 0.15) is 26.2 Å². The zero-order valence-corrected chi connectivity index (χ0v) is 8.99. The molecule has 15 heavy (non-hydrogen) atoms. The van der Waals surface area contributed by atoms with Gasteiger partial charge in [0.15, 0.2) is 0 Å². The number of unbranched alkanes of at least 4 members (excludes halogenated alkanes) is 1. The maximum absolute atomic E-state index is 11.3. The van der Waals surface area contributed by atoms with Gasteiger partial charge in [-0.25, -0.2) is 0 Å². The molecule has 0 aromatic heterocycles. The van der Waals surface area contributed by atoms with Crippen LogP contribution in [-0.4, -0.2) is 23.9 Å². The Labute approximate surface area is 91.4 Å². The molecule has 0 spiro atoms. The third-order valence-corrected chi connectivity index (χ3v) is 1.90. The molecule has 0 saturated heterocycles. The van der Waals surface area contributed by atoms with Crippen LogP contribution in [0.3, 0.4) is 0 Å². The van der Waals surface area contributed by atoms with Crippen molar-refractivity contribution in [3.63, 3.8) is 0 Å². The second kappa shape index (κ2) is 9.43. The van der Waals surface area contributed by atoms with Gasteiger partial charge < -0.3 is 15.7 Å². The minimum atomic E-state index is 0. The summed E-state index contributed by atoms with van der Waals surface area (Å²) in [4.78, 5) is 11.3. The summed E-state index contributed by atoms with van der Waals surface area (Å²) >= 11 is 0. The van der Waals surface area contributed by atoms with Gasteiger partial charge in [0.05, 0.1) is 5.68 Å². The Kier molecular flexibility index (Phi) is 10.3. The first-order valence-electron chi connectivity index (χ1n) is 4.75. The quantitative estimate of drug-likeness (QED) is 0.632. The summed E-state index contributed by atoms with van der Waals surface area (Å²) in [5, 5.41) is 0. The highest BCUT2D eigenvalue weighted by atomic mass is 16.1. The molecule has 0 aliphatic heterocycles. The Balaban J connectivity index is 0. The first-order valence-corrected chi connectivity index (χ1v) is 4.75. The summed E-state index contributed by atoms with van der Waals surface area (Å²) < 4.78 is 0. The van der Waals surface area contributed by atoms with Gasteiger partial charge in [-0.1, -0.05) is 49.1 Å². The van der Waals surface area contributed by atoms with Gasteiger partial charge in [-0.2, -0.15) is 0 Å². The van der Waals surface area contributed by atoms with Crippen LogP contribution in [0, 0.1) is 0 Å². The summed E-state index contributed by atoms with van der Waals surface area (Å²) in [7, 11) is 1.72. The normalized spacial score (nSPS) is 8.33. The SMILES string of the molecule is CCCCC(=O)[B]c1ccccc1.O.O. The highest BCUT2D eigenvalue weighted by molar-refractivity contribution is 6.84. The van der Waals surface area contributed by atoms with Crippen LogP contribution < -0.4 is 5.46 Å². The van der Waals surface area contributed by atoms with Crippen molar-refractivity contribution in [2.75, 3.05) is 0 Å². The fourth-order valence-corrected chi connectivity index (χ4v) is 1.16. The van der Waals surface area contributed by atoms with E-state index in [-0.39, 0.29) is 16.6 Å². The fraction of sp³-hybridized carbons (Fsp3) is 0.364. The molecule has 1 radical (unpaired) electrons. The molecule has 0 aliphatic carbocycles. The molecular formula is C11H18BO3. The highest BCUT2D eigenvalue weighted by Crippen LogP contribution is 1.94. The van der Waals surface area contributed by atoms with Crippen molar-refractivity contribution in [3.8, 4) is 0 Å². The Hall–Kier alpha value is -1.13. The van der Waals surface area contributed by atoms with Gasteiger partial charge in [0.25, 0.3) is 0 Å². The molecule has 3 nitrogen and oxygen atoms in total. The second-order valence-corrected chi connectivity index (χ2v) is 3.12. The average Bonchev–Trinajstić information content (AvgIpc) is 2.16. The van der Waals surface area contributed by atoms with Gasteiger partial charge in [0, 0.05) is 0 Å². The van der Waals surface area contributed by atoms with Gasteiger partial charge in [-0.15, -0.1) is 0 Å². The van der Waals surface area contributed by atoms with E-state index in [1.54, 1.807) is 7.28 Å². The molecule has 0 heterocycles. The number of carbonyl (C=O) groups is 1. The van der Waals surface area contributed by atoms with E-state index in [0.717, 1.165) is 18.3 Å². The lowest BCUT2D eigenvalue weighted by atomic mass is 9.65. The molecule has 0 saturated carbocycles. The first kappa shape index (κ1) is 16.3. The van der Waals surface area contributed by atoms with Crippen molar-refractivity contribution < 1.29 is 15.7 Å². The molecule has 1 aromatic carbocycles. The number of benzene rings is 1. The predicted octanol–water partition coefficient (Wildman–Crippen LogP) is 0.0835. The third kappa shape index (κ3) is 6.88.